The van der Waals surface area contributed by atoms with E-state index in [4.69, 9.17) is 4.74 Å². The van der Waals surface area contributed by atoms with Gasteiger partial charge in [0.25, 0.3) is 0 Å². The summed E-state index contributed by atoms with van der Waals surface area (Å²) >= 11 is 0. The first kappa shape index (κ1) is 14.7. The van der Waals surface area contributed by atoms with E-state index in [0.717, 1.165) is 18.0 Å². The van der Waals surface area contributed by atoms with Gasteiger partial charge >= 0.3 is 0 Å². The number of ether oxygens (including phenoxy) is 1. The second kappa shape index (κ2) is 5.95. The summed E-state index contributed by atoms with van der Waals surface area (Å²) in [5.74, 6) is 0.903. The van der Waals surface area contributed by atoms with Crippen LogP contribution in [0.3, 0.4) is 0 Å². The standard InChI is InChI=1S/C19H23N3O/c1-21-12-19(13-21)14-22(15-19)10-16-5-7-18(8-6-16)23-11-17-4-2-3-9-20-17/h2-9H,10-15H2,1H3. The SMILES string of the molecule is CN1CC2(C1)CN(Cc1ccc(OCc3ccccn3)cc1)C2. The molecule has 2 saturated heterocycles. The lowest BCUT2D eigenvalue weighted by Crippen LogP contribution is -2.70. The maximum absolute atomic E-state index is 5.78. The van der Waals surface area contributed by atoms with Crippen molar-refractivity contribution in [1.29, 1.82) is 0 Å². The summed E-state index contributed by atoms with van der Waals surface area (Å²) in [7, 11) is 2.21. The number of rotatable bonds is 5. The van der Waals surface area contributed by atoms with E-state index in [1.54, 1.807) is 6.20 Å². The monoisotopic (exact) mass is 309 g/mol. The molecule has 4 heteroatoms. The van der Waals surface area contributed by atoms with Gasteiger partial charge in [-0.3, -0.25) is 9.88 Å². The molecule has 120 valence electrons. The summed E-state index contributed by atoms with van der Waals surface area (Å²) in [6, 6.07) is 14.3. The number of benzene rings is 1. The fraction of sp³-hybridized carbons (Fsp3) is 0.421. The van der Waals surface area contributed by atoms with Crippen molar-refractivity contribution in [3.05, 3.63) is 59.9 Å². The maximum Gasteiger partial charge on any atom is 0.130 e. The van der Waals surface area contributed by atoms with Gasteiger partial charge in [0.05, 0.1) is 5.69 Å². The Bertz CT molecular complexity index is 642. The largest absolute Gasteiger partial charge is 0.487 e. The molecular formula is C19H23N3O. The predicted molar refractivity (Wildman–Crippen MR) is 90.2 cm³/mol. The maximum atomic E-state index is 5.78. The van der Waals surface area contributed by atoms with Gasteiger partial charge in [-0.15, -0.1) is 0 Å². The zero-order chi connectivity index (χ0) is 15.7. The van der Waals surface area contributed by atoms with Gasteiger partial charge in [-0.05, 0) is 36.9 Å². The third-order valence-electron chi connectivity index (χ3n) is 4.77. The summed E-state index contributed by atoms with van der Waals surface area (Å²) in [4.78, 5) is 9.21. The van der Waals surface area contributed by atoms with Crippen LogP contribution in [0.15, 0.2) is 48.7 Å². The van der Waals surface area contributed by atoms with Crippen molar-refractivity contribution < 1.29 is 4.74 Å². The number of aromatic nitrogens is 1. The molecule has 0 N–H and O–H groups in total. The molecule has 1 aromatic carbocycles. The van der Waals surface area contributed by atoms with Crippen molar-refractivity contribution in [2.24, 2.45) is 5.41 Å². The predicted octanol–water partition coefficient (Wildman–Crippen LogP) is 2.41. The van der Waals surface area contributed by atoms with E-state index in [0.29, 0.717) is 12.0 Å². The highest BCUT2D eigenvalue weighted by Crippen LogP contribution is 2.39. The molecule has 0 atom stereocenters. The number of hydrogen-bond acceptors (Lipinski definition) is 4. The Balaban J connectivity index is 1.25. The Labute approximate surface area is 137 Å². The van der Waals surface area contributed by atoms with Gasteiger partial charge in [0.1, 0.15) is 12.4 Å². The second-order valence-corrected chi connectivity index (χ2v) is 7.07. The number of pyridine rings is 1. The third-order valence-corrected chi connectivity index (χ3v) is 4.77. The first-order valence-corrected chi connectivity index (χ1v) is 8.23. The highest BCUT2D eigenvalue weighted by Gasteiger charge is 2.49. The van der Waals surface area contributed by atoms with Gasteiger partial charge in [-0.25, -0.2) is 0 Å². The lowest BCUT2D eigenvalue weighted by molar-refractivity contribution is -0.107. The quantitative estimate of drug-likeness (QED) is 0.848. The van der Waals surface area contributed by atoms with E-state index < -0.39 is 0 Å². The number of hydrogen-bond donors (Lipinski definition) is 0. The van der Waals surface area contributed by atoms with E-state index >= 15 is 0 Å². The molecule has 4 rings (SSSR count). The van der Waals surface area contributed by atoms with Crippen LogP contribution in [-0.2, 0) is 13.2 Å². The molecular weight excluding hydrogens is 286 g/mol. The molecule has 2 aliphatic rings. The average molecular weight is 309 g/mol. The summed E-state index contributed by atoms with van der Waals surface area (Å²) in [5, 5.41) is 0. The van der Waals surface area contributed by atoms with E-state index in [2.05, 4.69) is 46.1 Å². The highest BCUT2D eigenvalue weighted by atomic mass is 16.5. The Kier molecular flexibility index (Phi) is 3.79. The molecule has 0 aliphatic carbocycles. The molecule has 1 aromatic heterocycles. The normalized spacial score (nSPS) is 20.0. The van der Waals surface area contributed by atoms with Crippen LogP contribution in [0.1, 0.15) is 11.3 Å². The molecule has 0 unspecified atom stereocenters. The molecule has 0 saturated carbocycles. The van der Waals surface area contributed by atoms with Crippen molar-refractivity contribution >= 4 is 0 Å². The number of nitrogens with zero attached hydrogens (tertiary/aromatic N) is 3. The smallest absolute Gasteiger partial charge is 0.130 e. The minimum atomic E-state index is 0.516. The fourth-order valence-electron chi connectivity index (χ4n) is 3.90. The van der Waals surface area contributed by atoms with Crippen molar-refractivity contribution in [2.45, 2.75) is 13.2 Å². The van der Waals surface area contributed by atoms with Gasteiger partial charge < -0.3 is 9.64 Å². The van der Waals surface area contributed by atoms with Gasteiger partial charge in [-0.2, -0.15) is 0 Å². The summed E-state index contributed by atoms with van der Waals surface area (Å²) < 4.78 is 5.78. The van der Waals surface area contributed by atoms with E-state index in [1.165, 1.54) is 31.7 Å². The fourth-order valence-corrected chi connectivity index (χ4v) is 3.90. The molecule has 0 radical (unpaired) electrons. The molecule has 1 spiro atoms. The minimum absolute atomic E-state index is 0.516. The van der Waals surface area contributed by atoms with Gasteiger partial charge in [-0.1, -0.05) is 18.2 Å². The Morgan fingerprint density at radius 1 is 1.04 bits per heavy atom. The number of likely N-dealkylation sites (tertiary alicyclic amines) is 2. The Morgan fingerprint density at radius 2 is 1.83 bits per heavy atom. The summed E-state index contributed by atoms with van der Waals surface area (Å²) in [6.07, 6.45) is 1.79. The minimum Gasteiger partial charge on any atom is -0.487 e. The third kappa shape index (κ3) is 3.23. The molecule has 2 aromatic rings. The van der Waals surface area contributed by atoms with Crippen LogP contribution in [0.25, 0.3) is 0 Å². The lowest BCUT2D eigenvalue weighted by Gasteiger charge is -2.59. The van der Waals surface area contributed by atoms with Crippen LogP contribution in [-0.4, -0.2) is 48.0 Å². The van der Waals surface area contributed by atoms with Crippen molar-refractivity contribution in [3.8, 4) is 5.75 Å². The first-order valence-electron chi connectivity index (χ1n) is 8.23. The van der Waals surface area contributed by atoms with Crippen LogP contribution < -0.4 is 4.74 Å². The first-order chi connectivity index (χ1) is 11.2. The van der Waals surface area contributed by atoms with Crippen LogP contribution in [0.5, 0.6) is 5.75 Å². The van der Waals surface area contributed by atoms with Crippen LogP contribution >= 0.6 is 0 Å². The zero-order valence-electron chi connectivity index (χ0n) is 13.6. The molecule has 2 fully saturated rings. The lowest BCUT2D eigenvalue weighted by atomic mass is 9.73. The van der Waals surface area contributed by atoms with Crippen molar-refractivity contribution in [2.75, 3.05) is 33.2 Å². The second-order valence-electron chi connectivity index (χ2n) is 7.07. The van der Waals surface area contributed by atoms with Gasteiger partial charge in [0.15, 0.2) is 0 Å². The molecule has 0 amide bonds. The Morgan fingerprint density at radius 3 is 2.48 bits per heavy atom. The molecule has 2 aliphatic heterocycles. The van der Waals surface area contributed by atoms with Gasteiger partial charge in [0.2, 0.25) is 0 Å². The van der Waals surface area contributed by atoms with Crippen molar-refractivity contribution in [1.82, 2.24) is 14.8 Å². The Hall–Kier alpha value is -1.91. The van der Waals surface area contributed by atoms with Crippen LogP contribution in [0.4, 0.5) is 0 Å². The summed E-state index contributed by atoms with van der Waals surface area (Å²) in [6.45, 7) is 6.59. The molecule has 23 heavy (non-hydrogen) atoms. The van der Waals surface area contributed by atoms with E-state index in [9.17, 15) is 0 Å². The molecule has 4 nitrogen and oxygen atoms in total. The zero-order valence-corrected chi connectivity index (χ0v) is 13.6. The van der Waals surface area contributed by atoms with Crippen molar-refractivity contribution in [3.63, 3.8) is 0 Å². The van der Waals surface area contributed by atoms with E-state index in [1.807, 2.05) is 18.2 Å². The highest BCUT2D eigenvalue weighted by molar-refractivity contribution is 5.28. The molecule has 3 heterocycles. The van der Waals surface area contributed by atoms with Crippen LogP contribution in [0, 0.1) is 5.41 Å². The average Bonchev–Trinajstić information content (AvgIpc) is 2.52. The topological polar surface area (TPSA) is 28.6 Å². The van der Waals surface area contributed by atoms with Crippen LogP contribution in [0.2, 0.25) is 0 Å². The van der Waals surface area contributed by atoms with E-state index in [-0.39, 0.29) is 0 Å². The van der Waals surface area contributed by atoms with Gasteiger partial charge in [0, 0.05) is 44.3 Å². The summed E-state index contributed by atoms with van der Waals surface area (Å²) in [5.41, 5.74) is 2.92. The molecule has 0 bridgehead atoms.